The number of aliphatic hydroxyl groups is 1. The summed E-state index contributed by atoms with van der Waals surface area (Å²) in [6.07, 6.45) is 3.20. The number of thioether (sulfide) groups is 1. The molecule has 1 amide bonds. The highest BCUT2D eigenvalue weighted by molar-refractivity contribution is 7.99. The van der Waals surface area contributed by atoms with Crippen LogP contribution in [0, 0.1) is 5.92 Å². The van der Waals surface area contributed by atoms with Gasteiger partial charge in [0.2, 0.25) is 5.91 Å². The molecule has 2 atom stereocenters. The van der Waals surface area contributed by atoms with Gasteiger partial charge in [0, 0.05) is 43.7 Å². The molecule has 19 heavy (non-hydrogen) atoms. The van der Waals surface area contributed by atoms with Crippen molar-refractivity contribution in [1.29, 1.82) is 0 Å². The van der Waals surface area contributed by atoms with Crippen LogP contribution in [-0.2, 0) is 10.5 Å². The molecule has 1 fully saturated rings. The van der Waals surface area contributed by atoms with E-state index in [1.165, 1.54) is 0 Å². The zero-order chi connectivity index (χ0) is 13.5. The topological polar surface area (TPSA) is 74.2 Å². The highest BCUT2D eigenvalue weighted by Gasteiger charge is 2.24. The van der Waals surface area contributed by atoms with Gasteiger partial charge in [-0.05, 0) is 11.6 Å². The van der Waals surface area contributed by atoms with Gasteiger partial charge >= 0.3 is 0 Å². The maximum Gasteiger partial charge on any atom is 0.230 e. The van der Waals surface area contributed by atoms with E-state index in [0.717, 1.165) is 17.9 Å². The summed E-state index contributed by atoms with van der Waals surface area (Å²) in [5, 5.41) is 15.6. The van der Waals surface area contributed by atoms with Crippen molar-refractivity contribution in [3.63, 3.8) is 0 Å². The van der Waals surface area contributed by atoms with Crippen molar-refractivity contribution in [3.8, 4) is 0 Å². The minimum atomic E-state index is -0.344. The van der Waals surface area contributed by atoms with E-state index in [2.05, 4.69) is 15.6 Å². The molecule has 1 aromatic rings. The van der Waals surface area contributed by atoms with Crippen LogP contribution >= 0.6 is 11.8 Å². The second-order valence-corrected chi connectivity index (χ2v) is 5.63. The number of amides is 1. The lowest BCUT2D eigenvalue weighted by atomic mass is 10.1. The third kappa shape index (κ3) is 4.81. The number of nitrogens with one attached hydrogen (secondary N) is 2. The molecule has 6 heteroatoms. The van der Waals surface area contributed by atoms with E-state index in [0.29, 0.717) is 18.8 Å². The van der Waals surface area contributed by atoms with Crippen molar-refractivity contribution in [3.05, 3.63) is 30.1 Å². The van der Waals surface area contributed by atoms with Crippen LogP contribution < -0.4 is 10.6 Å². The van der Waals surface area contributed by atoms with Crippen LogP contribution in [0.15, 0.2) is 24.5 Å². The molecule has 3 N–H and O–H groups in total. The molecular formula is C13H19N3O2S. The Morgan fingerprint density at radius 1 is 1.58 bits per heavy atom. The Kier molecular flexibility index (Phi) is 5.62. The van der Waals surface area contributed by atoms with Crippen molar-refractivity contribution in [2.75, 3.05) is 25.4 Å². The van der Waals surface area contributed by atoms with Crippen molar-refractivity contribution in [2.45, 2.75) is 11.9 Å². The molecule has 2 rings (SSSR count). The summed E-state index contributed by atoms with van der Waals surface area (Å²) in [7, 11) is 0. The molecule has 0 aliphatic carbocycles. The highest BCUT2D eigenvalue weighted by Crippen LogP contribution is 2.11. The van der Waals surface area contributed by atoms with Gasteiger partial charge in [0.05, 0.1) is 11.9 Å². The van der Waals surface area contributed by atoms with E-state index in [4.69, 9.17) is 0 Å². The van der Waals surface area contributed by atoms with E-state index >= 15 is 0 Å². The highest BCUT2D eigenvalue weighted by atomic mass is 32.2. The second-order valence-electron chi connectivity index (χ2n) is 4.64. The summed E-state index contributed by atoms with van der Waals surface area (Å²) >= 11 is 1.57. The fraction of sp³-hybridized carbons (Fsp3) is 0.538. The molecule has 0 saturated carbocycles. The average Bonchev–Trinajstić information content (AvgIpc) is 2.83. The minimum absolute atomic E-state index is 0.0213. The standard InChI is InChI=1S/C13H19N3O2S/c17-12-7-15-5-11(12)6-16-13(18)9-19-8-10-2-1-3-14-4-10/h1-4,11-12,15,17H,5-9H2,(H,16,18). The average molecular weight is 281 g/mol. The van der Waals surface area contributed by atoms with Crippen LogP contribution in [0.3, 0.4) is 0 Å². The van der Waals surface area contributed by atoms with E-state index < -0.39 is 0 Å². The normalized spacial score (nSPS) is 22.4. The Morgan fingerprint density at radius 2 is 2.47 bits per heavy atom. The number of carbonyl (C=O) groups is 1. The molecule has 2 heterocycles. The number of nitrogens with zero attached hydrogens (tertiary/aromatic N) is 1. The molecule has 1 saturated heterocycles. The SMILES string of the molecule is O=C(CSCc1cccnc1)NCC1CNCC1O. The fourth-order valence-electron chi connectivity index (χ4n) is 1.97. The molecule has 5 nitrogen and oxygen atoms in total. The van der Waals surface area contributed by atoms with Crippen molar-refractivity contribution in [2.24, 2.45) is 5.92 Å². The lowest BCUT2D eigenvalue weighted by Crippen LogP contribution is -2.35. The van der Waals surface area contributed by atoms with Gasteiger partial charge < -0.3 is 15.7 Å². The van der Waals surface area contributed by atoms with Crippen molar-refractivity contribution >= 4 is 17.7 Å². The first-order chi connectivity index (χ1) is 9.25. The third-order valence-corrected chi connectivity index (χ3v) is 4.09. The molecule has 104 valence electrons. The van der Waals surface area contributed by atoms with Gasteiger partial charge in [-0.25, -0.2) is 0 Å². The summed E-state index contributed by atoms with van der Waals surface area (Å²) in [4.78, 5) is 15.7. The largest absolute Gasteiger partial charge is 0.391 e. The molecule has 1 aliphatic heterocycles. The Labute approximate surface area is 117 Å². The van der Waals surface area contributed by atoms with Gasteiger partial charge in [-0.15, -0.1) is 11.8 Å². The lowest BCUT2D eigenvalue weighted by molar-refractivity contribution is -0.118. The number of aromatic nitrogens is 1. The summed E-state index contributed by atoms with van der Waals surface area (Å²) in [6, 6.07) is 3.89. The maximum absolute atomic E-state index is 11.6. The molecule has 0 radical (unpaired) electrons. The predicted molar refractivity (Wildman–Crippen MR) is 75.8 cm³/mol. The number of β-amino-alcohol motifs (C(OH)–C–C–N with tert-alkyl or cyclic N) is 1. The number of rotatable bonds is 6. The van der Waals surface area contributed by atoms with E-state index in [-0.39, 0.29) is 17.9 Å². The van der Waals surface area contributed by atoms with Gasteiger partial charge in [-0.3, -0.25) is 9.78 Å². The van der Waals surface area contributed by atoms with Crippen LogP contribution in [0.5, 0.6) is 0 Å². The zero-order valence-electron chi connectivity index (χ0n) is 10.7. The summed E-state index contributed by atoms with van der Waals surface area (Å²) < 4.78 is 0. The van der Waals surface area contributed by atoms with Crippen LogP contribution in [0.1, 0.15) is 5.56 Å². The molecule has 0 bridgehead atoms. The lowest BCUT2D eigenvalue weighted by Gasteiger charge is -2.13. The molecular weight excluding hydrogens is 262 g/mol. The first kappa shape index (κ1) is 14.3. The predicted octanol–water partition coefficient (Wildman–Crippen LogP) is 0.0113. The monoisotopic (exact) mass is 281 g/mol. The van der Waals surface area contributed by atoms with E-state index in [1.807, 2.05) is 18.3 Å². The number of aliphatic hydroxyl groups excluding tert-OH is 1. The number of hydrogen-bond donors (Lipinski definition) is 3. The fourth-order valence-corrected chi connectivity index (χ4v) is 2.76. The van der Waals surface area contributed by atoms with Crippen molar-refractivity contribution < 1.29 is 9.90 Å². The van der Waals surface area contributed by atoms with Crippen molar-refractivity contribution in [1.82, 2.24) is 15.6 Å². The van der Waals surface area contributed by atoms with Gasteiger partial charge in [0.25, 0.3) is 0 Å². The van der Waals surface area contributed by atoms with Gasteiger partial charge in [-0.1, -0.05) is 6.07 Å². The Morgan fingerprint density at radius 3 is 3.16 bits per heavy atom. The number of carbonyl (C=O) groups excluding carboxylic acids is 1. The molecule has 0 spiro atoms. The van der Waals surface area contributed by atoms with E-state index in [9.17, 15) is 9.90 Å². The number of pyridine rings is 1. The first-order valence-corrected chi connectivity index (χ1v) is 7.53. The second kappa shape index (κ2) is 7.47. The quantitative estimate of drug-likeness (QED) is 0.685. The molecule has 0 aromatic carbocycles. The Balaban J connectivity index is 1.59. The smallest absolute Gasteiger partial charge is 0.230 e. The van der Waals surface area contributed by atoms with Crippen LogP contribution in [0.4, 0.5) is 0 Å². The summed E-state index contributed by atoms with van der Waals surface area (Å²) in [5.41, 5.74) is 1.12. The van der Waals surface area contributed by atoms with Crippen LogP contribution in [0.2, 0.25) is 0 Å². The van der Waals surface area contributed by atoms with E-state index in [1.54, 1.807) is 18.0 Å². The molecule has 1 aromatic heterocycles. The summed E-state index contributed by atoms with van der Waals surface area (Å²) in [6.45, 7) is 1.93. The zero-order valence-corrected chi connectivity index (χ0v) is 11.5. The minimum Gasteiger partial charge on any atom is -0.391 e. The number of hydrogen-bond acceptors (Lipinski definition) is 5. The third-order valence-electron chi connectivity index (χ3n) is 3.09. The van der Waals surface area contributed by atoms with Crippen LogP contribution in [-0.4, -0.2) is 47.5 Å². The molecule has 1 aliphatic rings. The Bertz CT molecular complexity index is 402. The van der Waals surface area contributed by atoms with Gasteiger partial charge in [0.1, 0.15) is 0 Å². The molecule has 2 unspecified atom stereocenters. The maximum atomic E-state index is 11.6. The first-order valence-electron chi connectivity index (χ1n) is 6.38. The van der Waals surface area contributed by atoms with Crippen LogP contribution in [0.25, 0.3) is 0 Å². The van der Waals surface area contributed by atoms with Gasteiger partial charge in [0.15, 0.2) is 0 Å². The summed E-state index contributed by atoms with van der Waals surface area (Å²) in [5.74, 6) is 1.38. The van der Waals surface area contributed by atoms with Gasteiger partial charge in [-0.2, -0.15) is 0 Å². The Hall–Kier alpha value is -1.11.